The second kappa shape index (κ2) is 10.2. The first-order chi connectivity index (χ1) is 17.5. The normalized spacial score (nSPS) is 11.4. The van der Waals surface area contributed by atoms with E-state index in [9.17, 15) is 14.7 Å². The molecule has 0 unspecified atom stereocenters. The zero-order chi connectivity index (χ0) is 25.1. The van der Waals surface area contributed by atoms with Crippen molar-refractivity contribution in [2.24, 2.45) is 5.10 Å². The Kier molecular flexibility index (Phi) is 6.71. The summed E-state index contributed by atoms with van der Waals surface area (Å²) < 4.78 is 1.47. The Labute approximate surface area is 215 Å². The van der Waals surface area contributed by atoms with Crippen LogP contribution in [0.2, 0.25) is 5.02 Å². The van der Waals surface area contributed by atoms with Gasteiger partial charge in [0, 0.05) is 10.6 Å². The molecule has 1 amide bonds. The minimum absolute atomic E-state index is 0.0305. The van der Waals surface area contributed by atoms with Crippen molar-refractivity contribution in [3.8, 4) is 11.4 Å². The van der Waals surface area contributed by atoms with Gasteiger partial charge in [-0.15, -0.1) is 0 Å². The second-order valence-electron chi connectivity index (χ2n) is 7.83. The number of rotatable bonds is 6. The smallest absolute Gasteiger partial charge is 0.266 e. The van der Waals surface area contributed by atoms with E-state index in [0.29, 0.717) is 32.3 Å². The number of thioether (sulfide) groups is 1. The maximum absolute atomic E-state index is 13.3. The van der Waals surface area contributed by atoms with Crippen LogP contribution >= 0.6 is 23.4 Å². The fourth-order valence-corrected chi connectivity index (χ4v) is 4.71. The number of benzene rings is 4. The largest absolute Gasteiger partial charge is 0.507 e. The van der Waals surface area contributed by atoms with E-state index in [2.05, 4.69) is 15.5 Å². The lowest BCUT2D eigenvalue weighted by atomic mass is 10.0. The quantitative estimate of drug-likeness (QED) is 0.141. The maximum atomic E-state index is 13.3. The number of fused-ring (bicyclic) bond motifs is 2. The van der Waals surface area contributed by atoms with E-state index in [-0.39, 0.29) is 23.0 Å². The summed E-state index contributed by atoms with van der Waals surface area (Å²) in [5.41, 5.74) is 3.88. The van der Waals surface area contributed by atoms with Gasteiger partial charge in [-0.3, -0.25) is 14.2 Å². The predicted molar refractivity (Wildman–Crippen MR) is 144 cm³/mol. The number of carbonyl (C=O) groups is 1. The van der Waals surface area contributed by atoms with Gasteiger partial charge in [0.15, 0.2) is 5.16 Å². The molecule has 0 aliphatic heterocycles. The average molecular weight is 515 g/mol. The molecule has 0 spiro atoms. The minimum Gasteiger partial charge on any atom is -0.507 e. The zero-order valence-electron chi connectivity index (χ0n) is 18.8. The van der Waals surface area contributed by atoms with Gasteiger partial charge in [-0.05, 0) is 53.2 Å². The summed E-state index contributed by atoms with van der Waals surface area (Å²) in [4.78, 5) is 30.5. The molecule has 9 heteroatoms. The monoisotopic (exact) mass is 514 g/mol. The third kappa shape index (κ3) is 4.82. The number of nitrogens with one attached hydrogen (secondary N) is 1. The highest BCUT2D eigenvalue weighted by molar-refractivity contribution is 7.99. The summed E-state index contributed by atoms with van der Waals surface area (Å²) in [7, 11) is 0. The van der Waals surface area contributed by atoms with Crippen molar-refractivity contribution in [3.63, 3.8) is 0 Å². The van der Waals surface area contributed by atoms with E-state index in [1.807, 2.05) is 30.3 Å². The van der Waals surface area contributed by atoms with Crippen LogP contribution in [0.25, 0.3) is 27.4 Å². The Morgan fingerprint density at radius 2 is 1.72 bits per heavy atom. The van der Waals surface area contributed by atoms with E-state index >= 15 is 0 Å². The molecule has 0 aliphatic carbocycles. The molecule has 1 aromatic heterocycles. The number of amides is 1. The Morgan fingerprint density at radius 3 is 2.53 bits per heavy atom. The van der Waals surface area contributed by atoms with Gasteiger partial charge in [0.1, 0.15) is 5.75 Å². The molecule has 0 atom stereocenters. The number of aromatic nitrogens is 2. The molecule has 7 nitrogen and oxygen atoms in total. The van der Waals surface area contributed by atoms with Gasteiger partial charge in [0.25, 0.3) is 11.5 Å². The number of aromatic hydroxyl groups is 1. The molecule has 2 N–H and O–H groups in total. The molecule has 36 heavy (non-hydrogen) atoms. The fraction of sp³-hybridized carbons (Fsp3) is 0.0370. The molecule has 5 aromatic rings. The number of hydrogen-bond donors (Lipinski definition) is 2. The van der Waals surface area contributed by atoms with E-state index in [1.165, 1.54) is 10.8 Å². The van der Waals surface area contributed by atoms with Crippen LogP contribution in [-0.4, -0.2) is 32.5 Å². The van der Waals surface area contributed by atoms with Crippen LogP contribution in [0, 0.1) is 0 Å². The first-order valence-electron chi connectivity index (χ1n) is 10.9. The first kappa shape index (κ1) is 23.6. The number of halogens is 1. The first-order valence-corrected chi connectivity index (χ1v) is 12.3. The minimum atomic E-state index is -0.388. The SMILES string of the molecule is O=C(CSc1nc2ccccc2c(=O)n1-c1ccc(Cl)cc1)N/N=C\c1c(O)ccc2ccccc12. The van der Waals surface area contributed by atoms with Gasteiger partial charge in [0.05, 0.1) is 28.6 Å². The van der Waals surface area contributed by atoms with Crippen molar-refractivity contribution in [1.82, 2.24) is 15.0 Å². The van der Waals surface area contributed by atoms with Crippen LogP contribution in [-0.2, 0) is 4.79 Å². The van der Waals surface area contributed by atoms with Gasteiger partial charge in [-0.2, -0.15) is 5.10 Å². The number of nitrogens with zero attached hydrogens (tertiary/aromatic N) is 3. The molecular weight excluding hydrogens is 496 g/mol. The lowest BCUT2D eigenvalue weighted by Crippen LogP contribution is -2.24. The van der Waals surface area contributed by atoms with Gasteiger partial charge in [-0.25, -0.2) is 10.4 Å². The molecule has 0 bridgehead atoms. The Bertz CT molecular complexity index is 1680. The fourth-order valence-electron chi connectivity index (χ4n) is 3.78. The summed E-state index contributed by atoms with van der Waals surface area (Å²) >= 11 is 7.14. The van der Waals surface area contributed by atoms with Gasteiger partial charge in [0.2, 0.25) is 0 Å². The van der Waals surface area contributed by atoms with E-state index in [0.717, 1.165) is 22.5 Å². The van der Waals surface area contributed by atoms with Gasteiger partial charge >= 0.3 is 0 Å². The maximum Gasteiger partial charge on any atom is 0.266 e. The number of para-hydroxylation sites is 1. The number of hydrogen-bond acceptors (Lipinski definition) is 6. The molecule has 1 heterocycles. The number of carbonyl (C=O) groups excluding carboxylic acids is 1. The summed E-state index contributed by atoms with van der Waals surface area (Å²) in [6.45, 7) is 0. The van der Waals surface area contributed by atoms with Crippen LogP contribution in [0.4, 0.5) is 0 Å². The predicted octanol–water partition coefficient (Wildman–Crippen LogP) is 5.14. The van der Waals surface area contributed by atoms with Crippen molar-refractivity contribution in [1.29, 1.82) is 0 Å². The Morgan fingerprint density at radius 1 is 1.00 bits per heavy atom. The highest BCUT2D eigenvalue weighted by atomic mass is 35.5. The van der Waals surface area contributed by atoms with E-state index < -0.39 is 0 Å². The van der Waals surface area contributed by atoms with E-state index in [1.54, 1.807) is 54.6 Å². The number of phenols is 1. The highest BCUT2D eigenvalue weighted by Crippen LogP contribution is 2.25. The van der Waals surface area contributed by atoms with E-state index in [4.69, 9.17) is 11.6 Å². The molecule has 0 radical (unpaired) electrons. The van der Waals surface area contributed by atoms with Crippen LogP contribution in [0.15, 0.2) is 100.0 Å². The van der Waals surface area contributed by atoms with Crippen molar-refractivity contribution < 1.29 is 9.90 Å². The standard InChI is InChI=1S/C27H19ClN4O3S/c28-18-10-12-19(13-11-18)32-26(35)21-7-3-4-8-23(21)30-27(32)36-16-25(34)31-29-15-22-20-6-2-1-5-17(20)9-14-24(22)33/h1-15,33H,16H2,(H,31,34)/b29-15-. The van der Waals surface area contributed by atoms with Crippen LogP contribution in [0.1, 0.15) is 5.56 Å². The topological polar surface area (TPSA) is 96.6 Å². The van der Waals surface area contributed by atoms with Gasteiger partial charge < -0.3 is 5.11 Å². The molecule has 4 aromatic carbocycles. The van der Waals surface area contributed by atoms with Gasteiger partial charge in [-0.1, -0.05) is 65.8 Å². The molecule has 0 aliphatic rings. The highest BCUT2D eigenvalue weighted by Gasteiger charge is 2.15. The molecule has 0 saturated heterocycles. The lowest BCUT2D eigenvalue weighted by Gasteiger charge is -2.13. The van der Waals surface area contributed by atoms with Crippen molar-refractivity contribution in [2.45, 2.75) is 5.16 Å². The van der Waals surface area contributed by atoms with Crippen LogP contribution < -0.4 is 11.0 Å². The molecule has 0 saturated carbocycles. The summed E-state index contributed by atoms with van der Waals surface area (Å²) in [5, 5.41) is 17.4. The lowest BCUT2D eigenvalue weighted by molar-refractivity contribution is -0.118. The van der Waals surface area contributed by atoms with Crippen molar-refractivity contribution >= 4 is 57.2 Å². The van der Waals surface area contributed by atoms with Crippen molar-refractivity contribution in [3.05, 3.63) is 106 Å². The van der Waals surface area contributed by atoms with Crippen LogP contribution in [0.3, 0.4) is 0 Å². The second-order valence-corrected chi connectivity index (χ2v) is 9.21. The van der Waals surface area contributed by atoms with Crippen LogP contribution in [0.5, 0.6) is 5.75 Å². The summed E-state index contributed by atoms with van der Waals surface area (Å²) in [6, 6.07) is 24.9. The zero-order valence-corrected chi connectivity index (χ0v) is 20.3. The average Bonchev–Trinajstić information content (AvgIpc) is 2.89. The number of hydrazone groups is 1. The molecule has 5 rings (SSSR count). The third-order valence-corrected chi connectivity index (χ3v) is 6.68. The molecular formula is C27H19ClN4O3S. The molecule has 0 fully saturated rings. The molecule has 178 valence electrons. The summed E-state index contributed by atoms with van der Waals surface area (Å²) in [6.07, 6.45) is 1.41. The van der Waals surface area contributed by atoms with Crippen molar-refractivity contribution in [2.75, 3.05) is 5.75 Å². The summed E-state index contributed by atoms with van der Waals surface area (Å²) in [5.74, 6) is -0.355. The Hall–Kier alpha value is -4.14. The number of phenolic OH excluding ortho intramolecular Hbond substituents is 1. The Balaban J connectivity index is 1.38. The third-order valence-electron chi connectivity index (χ3n) is 5.49.